The maximum Gasteiger partial charge on any atom is 0.0543 e. The second-order valence-electron chi connectivity index (χ2n) is 5.37. The van der Waals surface area contributed by atoms with Crippen LogP contribution < -0.4 is 0 Å². The van der Waals surface area contributed by atoms with Crippen LogP contribution in [0.3, 0.4) is 0 Å². The molecule has 1 fully saturated rings. The van der Waals surface area contributed by atoms with Crippen molar-refractivity contribution in [3.05, 3.63) is 22.4 Å². The Labute approximate surface area is 109 Å². The van der Waals surface area contributed by atoms with Crippen LogP contribution in [0.5, 0.6) is 0 Å². The maximum atomic E-state index is 10.0. The summed E-state index contributed by atoms with van der Waals surface area (Å²) < 4.78 is 0. The zero-order valence-corrected chi connectivity index (χ0v) is 11.4. The molecular weight excluding hydrogens is 228 g/mol. The van der Waals surface area contributed by atoms with Gasteiger partial charge in [-0.15, -0.1) is 11.3 Å². The lowest BCUT2D eigenvalue weighted by atomic mass is 9.84. The third-order valence-corrected chi connectivity index (χ3v) is 4.81. The van der Waals surface area contributed by atoms with Gasteiger partial charge in [-0.3, -0.25) is 0 Å². The van der Waals surface area contributed by atoms with Crippen molar-refractivity contribution in [3.63, 3.8) is 0 Å². The van der Waals surface area contributed by atoms with E-state index in [1.807, 2.05) is 11.3 Å². The summed E-state index contributed by atoms with van der Waals surface area (Å²) >= 11 is 1.83. The van der Waals surface area contributed by atoms with Gasteiger partial charge in [-0.1, -0.05) is 38.2 Å². The van der Waals surface area contributed by atoms with Crippen LogP contribution in [0.2, 0.25) is 0 Å². The van der Waals surface area contributed by atoms with Crippen LogP contribution >= 0.6 is 11.3 Å². The van der Waals surface area contributed by atoms with Crippen molar-refractivity contribution >= 4 is 11.3 Å². The van der Waals surface area contributed by atoms with Gasteiger partial charge in [-0.05, 0) is 43.0 Å². The zero-order valence-electron chi connectivity index (χ0n) is 10.6. The summed E-state index contributed by atoms with van der Waals surface area (Å²) in [7, 11) is 0. The van der Waals surface area contributed by atoms with Gasteiger partial charge >= 0.3 is 0 Å². The Bertz CT molecular complexity index is 288. The van der Waals surface area contributed by atoms with E-state index in [0.717, 1.165) is 31.6 Å². The predicted octanol–water partition coefficient (Wildman–Crippen LogP) is 4.40. The Morgan fingerprint density at radius 2 is 2.12 bits per heavy atom. The molecule has 1 aliphatic carbocycles. The van der Waals surface area contributed by atoms with E-state index in [0.29, 0.717) is 0 Å². The van der Waals surface area contributed by atoms with E-state index in [1.54, 1.807) is 0 Å². The molecule has 1 aromatic rings. The predicted molar refractivity (Wildman–Crippen MR) is 74.5 cm³/mol. The van der Waals surface area contributed by atoms with Gasteiger partial charge in [0.1, 0.15) is 0 Å². The van der Waals surface area contributed by atoms with Crippen LogP contribution in [0, 0.1) is 5.92 Å². The molecule has 1 unspecified atom stereocenters. The minimum Gasteiger partial charge on any atom is -0.393 e. The van der Waals surface area contributed by atoms with E-state index in [9.17, 15) is 5.11 Å². The minimum atomic E-state index is -0.0573. The lowest BCUT2D eigenvalue weighted by Gasteiger charge is -2.23. The van der Waals surface area contributed by atoms with Crippen LogP contribution in [0.1, 0.15) is 56.2 Å². The number of hydrogen-bond acceptors (Lipinski definition) is 2. The third kappa shape index (κ3) is 4.81. The van der Waals surface area contributed by atoms with Crippen molar-refractivity contribution in [1.29, 1.82) is 0 Å². The highest BCUT2D eigenvalue weighted by Crippen LogP contribution is 2.28. The summed E-state index contributed by atoms with van der Waals surface area (Å²) in [6, 6.07) is 4.30. The number of hydrogen-bond donors (Lipinski definition) is 1. The summed E-state index contributed by atoms with van der Waals surface area (Å²) in [6.45, 7) is 0. The van der Waals surface area contributed by atoms with E-state index in [1.165, 1.54) is 37.0 Å². The summed E-state index contributed by atoms with van der Waals surface area (Å²) in [5.74, 6) is 0.806. The molecule has 0 spiro atoms. The molecule has 0 bridgehead atoms. The Morgan fingerprint density at radius 1 is 1.29 bits per heavy atom. The molecule has 96 valence electrons. The van der Waals surface area contributed by atoms with Gasteiger partial charge in [-0.2, -0.15) is 0 Å². The molecule has 1 saturated carbocycles. The Hall–Kier alpha value is -0.340. The topological polar surface area (TPSA) is 20.2 Å². The van der Waals surface area contributed by atoms with Crippen molar-refractivity contribution in [3.8, 4) is 0 Å². The fourth-order valence-corrected chi connectivity index (χ4v) is 3.64. The van der Waals surface area contributed by atoms with Crippen molar-refractivity contribution < 1.29 is 5.11 Å². The molecule has 1 nitrogen and oxygen atoms in total. The Morgan fingerprint density at radius 3 is 2.82 bits per heavy atom. The van der Waals surface area contributed by atoms with Crippen LogP contribution in [0.4, 0.5) is 0 Å². The first-order valence-electron chi connectivity index (χ1n) is 7.05. The fraction of sp³-hybridized carbons (Fsp3) is 0.733. The SMILES string of the molecule is OC(CCCc1cccs1)CC1CCCCC1. The number of aliphatic hydroxyl groups excluding tert-OH is 1. The van der Waals surface area contributed by atoms with Crippen LogP contribution in [-0.4, -0.2) is 11.2 Å². The number of aliphatic hydroxyl groups is 1. The minimum absolute atomic E-state index is 0.0573. The van der Waals surface area contributed by atoms with Crippen molar-refractivity contribution in [1.82, 2.24) is 0 Å². The first kappa shape index (κ1) is 13.1. The number of aryl methyl sites for hydroxylation is 1. The first-order valence-corrected chi connectivity index (χ1v) is 7.93. The van der Waals surface area contributed by atoms with Crippen molar-refractivity contribution in [2.24, 2.45) is 5.92 Å². The normalized spacial score (nSPS) is 19.4. The van der Waals surface area contributed by atoms with Crippen molar-refractivity contribution in [2.75, 3.05) is 0 Å². The molecular formula is C15H24OS. The summed E-state index contributed by atoms with van der Waals surface area (Å²) in [5.41, 5.74) is 0. The molecule has 1 aromatic heterocycles. The highest BCUT2D eigenvalue weighted by Gasteiger charge is 2.17. The van der Waals surface area contributed by atoms with Gasteiger partial charge in [0, 0.05) is 4.88 Å². The van der Waals surface area contributed by atoms with E-state index >= 15 is 0 Å². The van der Waals surface area contributed by atoms with Gasteiger partial charge in [0.05, 0.1) is 6.10 Å². The number of thiophene rings is 1. The smallest absolute Gasteiger partial charge is 0.0543 e. The molecule has 0 saturated heterocycles. The molecule has 2 rings (SSSR count). The monoisotopic (exact) mass is 252 g/mol. The summed E-state index contributed by atoms with van der Waals surface area (Å²) in [6.07, 6.45) is 11.1. The molecule has 0 aromatic carbocycles. The van der Waals surface area contributed by atoms with Crippen molar-refractivity contribution in [2.45, 2.75) is 63.9 Å². The second-order valence-corrected chi connectivity index (χ2v) is 6.40. The lowest BCUT2D eigenvalue weighted by molar-refractivity contribution is 0.120. The largest absolute Gasteiger partial charge is 0.393 e. The van der Waals surface area contributed by atoms with Gasteiger partial charge in [0.15, 0.2) is 0 Å². The molecule has 0 radical (unpaired) electrons. The molecule has 1 heterocycles. The quantitative estimate of drug-likeness (QED) is 0.795. The summed E-state index contributed by atoms with van der Waals surface area (Å²) in [4.78, 5) is 1.45. The molecule has 1 atom stereocenters. The fourth-order valence-electron chi connectivity index (χ4n) is 2.89. The molecule has 0 aliphatic heterocycles. The zero-order chi connectivity index (χ0) is 11.9. The van der Waals surface area contributed by atoms with Crippen LogP contribution in [0.15, 0.2) is 17.5 Å². The molecule has 0 amide bonds. The van der Waals surface area contributed by atoms with Crippen LogP contribution in [0.25, 0.3) is 0 Å². The lowest BCUT2D eigenvalue weighted by Crippen LogP contribution is -2.16. The standard InChI is InChI=1S/C15H24OS/c16-14(12-13-6-2-1-3-7-13)8-4-9-15-10-5-11-17-15/h5,10-11,13-14,16H,1-4,6-9,12H2. The Kier molecular flexibility index (Phi) is 5.53. The average molecular weight is 252 g/mol. The molecule has 2 heteroatoms. The summed E-state index contributed by atoms with van der Waals surface area (Å²) in [5, 5.41) is 12.2. The third-order valence-electron chi connectivity index (χ3n) is 3.87. The first-order chi connectivity index (χ1) is 8.34. The highest BCUT2D eigenvalue weighted by molar-refractivity contribution is 7.09. The molecule has 1 N–H and O–H groups in total. The van der Waals surface area contributed by atoms with Gasteiger partial charge < -0.3 is 5.11 Å². The van der Waals surface area contributed by atoms with E-state index in [-0.39, 0.29) is 6.10 Å². The van der Waals surface area contributed by atoms with Gasteiger partial charge in [-0.25, -0.2) is 0 Å². The number of rotatable bonds is 6. The molecule has 1 aliphatic rings. The molecule has 17 heavy (non-hydrogen) atoms. The Balaban J connectivity index is 1.58. The van der Waals surface area contributed by atoms with Gasteiger partial charge in [0.25, 0.3) is 0 Å². The van der Waals surface area contributed by atoms with E-state index in [2.05, 4.69) is 17.5 Å². The van der Waals surface area contributed by atoms with E-state index < -0.39 is 0 Å². The maximum absolute atomic E-state index is 10.0. The highest BCUT2D eigenvalue weighted by atomic mass is 32.1. The van der Waals surface area contributed by atoms with Gasteiger partial charge in [0.2, 0.25) is 0 Å². The van der Waals surface area contributed by atoms with E-state index in [4.69, 9.17) is 0 Å². The van der Waals surface area contributed by atoms with Crippen LogP contribution in [-0.2, 0) is 6.42 Å². The second kappa shape index (κ2) is 7.17. The average Bonchev–Trinajstić information content (AvgIpc) is 2.83.